The highest BCUT2D eigenvalue weighted by Crippen LogP contribution is 2.41. The third-order valence-electron chi connectivity index (χ3n) is 8.74. The van der Waals surface area contributed by atoms with Gasteiger partial charge in [-0.25, -0.2) is 0 Å². The standard InChI is InChI=1S/C33H54O3Si2/c1-13-25(2)30(34)27(4)31(36-37(11,12)32(5,6)7)26(3)24-35-38(33(8,9)10,28-20-16-14-17-21-28)29-22-18-15-19-23-29/h13-23,25-27,30-31,34H,1,24H2,2-12H3/t25-,26-,27+,30-,31-/m0/s1. The van der Waals surface area contributed by atoms with Gasteiger partial charge in [-0.2, -0.15) is 0 Å². The van der Waals surface area contributed by atoms with Crippen molar-refractivity contribution in [3.8, 4) is 0 Å². The van der Waals surface area contributed by atoms with E-state index in [1.807, 2.05) is 13.0 Å². The normalized spacial score (nSPS) is 17.4. The minimum atomic E-state index is -2.67. The summed E-state index contributed by atoms with van der Waals surface area (Å²) in [5, 5.41) is 13.8. The van der Waals surface area contributed by atoms with Gasteiger partial charge in [0.05, 0.1) is 12.2 Å². The van der Waals surface area contributed by atoms with E-state index in [-0.39, 0.29) is 33.9 Å². The molecule has 5 heteroatoms. The van der Waals surface area contributed by atoms with Crippen molar-refractivity contribution in [1.82, 2.24) is 0 Å². The maximum absolute atomic E-state index is 11.3. The van der Waals surface area contributed by atoms with Crippen LogP contribution in [0.2, 0.25) is 23.2 Å². The van der Waals surface area contributed by atoms with Gasteiger partial charge in [0.2, 0.25) is 0 Å². The summed E-state index contributed by atoms with van der Waals surface area (Å²) in [5.74, 6) is 0.0163. The van der Waals surface area contributed by atoms with Crippen molar-refractivity contribution in [2.24, 2.45) is 17.8 Å². The van der Waals surface area contributed by atoms with Crippen molar-refractivity contribution in [3.05, 3.63) is 73.3 Å². The van der Waals surface area contributed by atoms with Gasteiger partial charge in [0.15, 0.2) is 8.32 Å². The first-order valence-electron chi connectivity index (χ1n) is 14.2. The van der Waals surface area contributed by atoms with E-state index in [0.717, 1.165) is 0 Å². The Balaban J connectivity index is 2.54. The van der Waals surface area contributed by atoms with Crippen LogP contribution < -0.4 is 10.4 Å². The van der Waals surface area contributed by atoms with Gasteiger partial charge in [-0.05, 0) is 33.5 Å². The number of hydrogen-bond donors (Lipinski definition) is 1. The van der Waals surface area contributed by atoms with E-state index >= 15 is 0 Å². The number of aliphatic hydroxyl groups excluding tert-OH is 1. The van der Waals surface area contributed by atoms with Gasteiger partial charge in [0.1, 0.15) is 0 Å². The molecule has 0 saturated carbocycles. The van der Waals surface area contributed by atoms with Gasteiger partial charge in [0, 0.05) is 24.4 Å². The van der Waals surface area contributed by atoms with Crippen LogP contribution in [0, 0.1) is 17.8 Å². The molecule has 5 atom stereocenters. The summed E-state index contributed by atoms with van der Waals surface area (Å²) in [4.78, 5) is 0. The van der Waals surface area contributed by atoms with E-state index in [4.69, 9.17) is 8.85 Å². The largest absolute Gasteiger partial charge is 0.413 e. The topological polar surface area (TPSA) is 38.7 Å². The molecule has 0 aliphatic carbocycles. The Labute approximate surface area is 235 Å². The molecule has 0 aliphatic rings. The fraction of sp³-hybridized carbons (Fsp3) is 0.576. The summed E-state index contributed by atoms with van der Waals surface area (Å²) >= 11 is 0. The van der Waals surface area contributed by atoms with Crippen LogP contribution in [0.1, 0.15) is 62.3 Å². The summed E-state index contributed by atoms with van der Waals surface area (Å²) in [5.41, 5.74) is 0. The Morgan fingerprint density at radius 2 is 1.26 bits per heavy atom. The van der Waals surface area contributed by atoms with Crippen molar-refractivity contribution in [1.29, 1.82) is 0 Å². The lowest BCUT2D eigenvalue weighted by Crippen LogP contribution is -2.67. The molecule has 2 rings (SSSR count). The van der Waals surface area contributed by atoms with Crippen LogP contribution in [0.3, 0.4) is 0 Å². The number of benzene rings is 2. The lowest BCUT2D eigenvalue weighted by Gasteiger charge is -2.46. The lowest BCUT2D eigenvalue weighted by atomic mass is 9.84. The molecule has 0 unspecified atom stereocenters. The molecule has 0 heterocycles. The molecule has 0 radical (unpaired) electrons. The van der Waals surface area contributed by atoms with Crippen molar-refractivity contribution < 1.29 is 14.0 Å². The number of aliphatic hydroxyl groups is 1. The van der Waals surface area contributed by atoms with Gasteiger partial charge < -0.3 is 14.0 Å². The van der Waals surface area contributed by atoms with Crippen LogP contribution in [-0.2, 0) is 8.85 Å². The number of hydrogen-bond acceptors (Lipinski definition) is 3. The van der Waals surface area contributed by atoms with Crippen LogP contribution in [-0.4, -0.2) is 40.6 Å². The average Bonchev–Trinajstić information content (AvgIpc) is 2.86. The molecule has 2 aromatic carbocycles. The van der Waals surface area contributed by atoms with E-state index < -0.39 is 22.7 Å². The molecule has 0 aromatic heterocycles. The molecular weight excluding hydrogens is 501 g/mol. The Morgan fingerprint density at radius 1 is 0.816 bits per heavy atom. The third kappa shape index (κ3) is 7.16. The minimum Gasteiger partial charge on any atom is -0.413 e. The van der Waals surface area contributed by atoms with Crippen molar-refractivity contribution in [3.63, 3.8) is 0 Å². The highest BCUT2D eigenvalue weighted by Gasteiger charge is 2.51. The first kappa shape index (κ1) is 32.7. The molecule has 3 nitrogen and oxygen atoms in total. The Morgan fingerprint density at radius 3 is 1.63 bits per heavy atom. The monoisotopic (exact) mass is 554 g/mol. The fourth-order valence-corrected chi connectivity index (χ4v) is 11.3. The maximum Gasteiger partial charge on any atom is 0.261 e. The van der Waals surface area contributed by atoms with Gasteiger partial charge >= 0.3 is 0 Å². The average molecular weight is 555 g/mol. The molecule has 0 spiro atoms. The highest BCUT2D eigenvalue weighted by molar-refractivity contribution is 6.99. The quantitative estimate of drug-likeness (QED) is 0.219. The van der Waals surface area contributed by atoms with Crippen molar-refractivity contribution in [2.45, 2.75) is 97.7 Å². The lowest BCUT2D eigenvalue weighted by molar-refractivity contribution is -0.0228. The van der Waals surface area contributed by atoms with Crippen LogP contribution in [0.5, 0.6) is 0 Å². The van der Waals surface area contributed by atoms with E-state index in [1.54, 1.807) is 0 Å². The minimum absolute atomic E-state index is 0.0136. The second kappa shape index (κ2) is 12.8. The third-order valence-corrected chi connectivity index (χ3v) is 18.2. The Kier molecular flexibility index (Phi) is 11.0. The van der Waals surface area contributed by atoms with Crippen LogP contribution in [0.25, 0.3) is 0 Å². The molecule has 0 amide bonds. The predicted octanol–water partition coefficient (Wildman–Crippen LogP) is 7.41. The zero-order chi connectivity index (χ0) is 28.9. The molecule has 212 valence electrons. The summed E-state index contributed by atoms with van der Waals surface area (Å²) in [6.07, 6.45) is 1.18. The SMILES string of the molecule is C=C[C@H](C)[C@H](O)[C@@H](C)[C@@H](O[Si](C)(C)C(C)(C)C)[C@@H](C)CO[Si](c1ccccc1)(c1ccccc1)C(C)(C)C. The fourth-order valence-electron chi connectivity index (χ4n) is 5.18. The Hall–Kier alpha value is -1.51. The molecule has 0 bridgehead atoms. The molecule has 1 N–H and O–H groups in total. The summed E-state index contributed by atoms with van der Waals surface area (Å²) in [6.45, 7) is 29.2. The Bertz CT molecular complexity index is 953. The zero-order valence-corrected chi connectivity index (χ0v) is 27.9. The zero-order valence-electron chi connectivity index (χ0n) is 25.9. The first-order chi connectivity index (χ1) is 17.5. The van der Waals surface area contributed by atoms with Gasteiger partial charge in [-0.1, -0.05) is 129 Å². The second-order valence-corrected chi connectivity index (χ2v) is 22.8. The van der Waals surface area contributed by atoms with E-state index in [2.05, 4.69) is 136 Å². The second-order valence-electron chi connectivity index (χ2n) is 13.7. The van der Waals surface area contributed by atoms with Crippen LogP contribution >= 0.6 is 0 Å². The van der Waals surface area contributed by atoms with Gasteiger partial charge in [-0.3, -0.25) is 0 Å². The van der Waals surface area contributed by atoms with Crippen LogP contribution in [0.4, 0.5) is 0 Å². The molecule has 0 aliphatic heterocycles. The van der Waals surface area contributed by atoms with Crippen molar-refractivity contribution in [2.75, 3.05) is 6.61 Å². The van der Waals surface area contributed by atoms with Gasteiger partial charge in [0.25, 0.3) is 8.32 Å². The maximum atomic E-state index is 11.3. The molecule has 38 heavy (non-hydrogen) atoms. The smallest absolute Gasteiger partial charge is 0.261 e. The van der Waals surface area contributed by atoms with Crippen molar-refractivity contribution >= 4 is 27.0 Å². The van der Waals surface area contributed by atoms with Gasteiger partial charge in [-0.15, -0.1) is 6.58 Å². The molecular formula is C33H54O3Si2. The molecule has 2 aromatic rings. The summed E-state index contributed by atoms with van der Waals surface area (Å²) in [7, 11) is -4.77. The van der Waals surface area contributed by atoms with Crippen LogP contribution in [0.15, 0.2) is 73.3 Å². The molecule has 0 saturated heterocycles. The van der Waals surface area contributed by atoms with E-state index in [1.165, 1.54) is 10.4 Å². The first-order valence-corrected chi connectivity index (χ1v) is 19.0. The summed E-state index contributed by atoms with van der Waals surface area (Å²) in [6, 6.07) is 21.6. The number of rotatable bonds is 12. The van der Waals surface area contributed by atoms with E-state index in [0.29, 0.717) is 6.61 Å². The van der Waals surface area contributed by atoms with E-state index in [9.17, 15) is 5.11 Å². The predicted molar refractivity (Wildman–Crippen MR) is 169 cm³/mol. The molecule has 0 fully saturated rings. The highest BCUT2D eigenvalue weighted by atomic mass is 28.4. The summed E-state index contributed by atoms with van der Waals surface area (Å²) < 4.78 is 14.4.